The number of halogens is 2. The zero-order valence-corrected chi connectivity index (χ0v) is 12.5. The molecule has 1 rings (SSSR count). The van der Waals surface area contributed by atoms with Gasteiger partial charge < -0.3 is 15.7 Å². The van der Waals surface area contributed by atoms with Crippen LogP contribution in [0.4, 0.5) is 10.5 Å². The molecular formula is C12H10ClIN2O3. The number of anilines is 1. The normalized spacial score (nSPS) is 11.2. The van der Waals surface area contributed by atoms with Crippen LogP contribution in [-0.2, 0) is 4.79 Å². The predicted octanol–water partition coefficient (Wildman–Crippen LogP) is 2.54. The van der Waals surface area contributed by atoms with Gasteiger partial charge >= 0.3 is 12.0 Å². The number of urea groups is 1. The maximum absolute atomic E-state index is 11.6. The number of aliphatic carboxylic acids is 1. The highest BCUT2D eigenvalue weighted by Crippen LogP contribution is 2.23. The van der Waals surface area contributed by atoms with E-state index in [0.29, 0.717) is 10.7 Å². The Morgan fingerprint density at radius 2 is 2.21 bits per heavy atom. The van der Waals surface area contributed by atoms with E-state index >= 15 is 0 Å². The standard InChI is InChI=1S/C12H10ClIN2O3/c1-2-3-10(11(17)18)16-12(19)15-9-5-4-7(14)6-8(9)13/h1,4-6,10H,3H2,(H,17,18)(H2,15,16,19). The minimum Gasteiger partial charge on any atom is -0.480 e. The number of nitrogens with one attached hydrogen (secondary N) is 2. The predicted molar refractivity (Wildman–Crippen MR) is 81.2 cm³/mol. The number of hydrogen-bond donors (Lipinski definition) is 3. The number of amides is 2. The van der Waals surface area contributed by atoms with Crippen LogP contribution in [0, 0.1) is 15.9 Å². The number of carbonyl (C=O) groups is 2. The quantitative estimate of drug-likeness (QED) is 0.544. The summed E-state index contributed by atoms with van der Waals surface area (Å²) in [5.41, 5.74) is 0.393. The summed E-state index contributed by atoms with van der Waals surface area (Å²) in [6.45, 7) is 0. The van der Waals surface area contributed by atoms with Crippen molar-refractivity contribution in [3.8, 4) is 12.3 Å². The largest absolute Gasteiger partial charge is 0.480 e. The van der Waals surface area contributed by atoms with E-state index in [9.17, 15) is 9.59 Å². The Morgan fingerprint density at radius 3 is 2.74 bits per heavy atom. The first-order chi connectivity index (χ1) is 8.93. The number of carboxylic acids is 1. The molecule has 19 heavy (non-hydrogen) atoms. The van der Waals surface area contributed by atoms with Crippen LogP contribution in [0.5, 0.6) is 0 Å². The van der Waals surface area contributed by atoms with Crippen molar-refractivity contribution in [3.63, 3.8) is 0 Å². The van der Waals surface area contributed by atoms with E-state index in [4.69, 9.17) is 23.1 Å². The van der Waals surface area contributed by atoms with Crippen molar-refractivity contribution in [1.29, 1.82) is 0 Å². The first-order valence-corrected chi connectivity index (χ1v) is 6.58. The van der Waals surface area contributed by atoms with E-state index in [1.807, 2.05) is 0 Å². The van der Waals surface area contributed by atoms with Crippen LogP contribution in [0.2, 0.25) is 5.02 Å². The number of carboxylic acid groups (broad SMARTS) is 1. The molecule has 0 spiro atoms. The van der Waals surface area contributed by atoms with Crippen molar-refractivity contribution < 1.29 is 14.7 Å². The molecule has 0 aliphatic rings. The number of rotatable bonds is 4. The highest BCUT2D eigenvalue weighted by atomic mass is 127. The minimum atomic E-state index is -1.19. The van der Waals surface area contributed by atoms with Crippen LogP contribution in [0.15, 0.2) is 18.2 Å². The fraction of sp³-hybridized carbons (Fsp3) is 0.167. The molecule has 0 saturated heterocycles. The number of terminal acetylenes is 1. The Labute approximate surface area is 128 Å². The molecule has 0 bridgehead atoms. The Kier molecular flexibility index (Phi) is 5.92. The maximum atomic E-state index is 11.6. The third-order valence-corrected chi connectivity index (χ3v) is 3.09. The van der Waals surface area contributed by atoms with Gasteiger partial charge in [-0.1, -0.05) is 11.6 Å². The molecule has 1 aromatic carbocycles. The van der Waals surface area contributed by atoms with E-state index < -0.39 is 18.0 Å². The van der Waals surface area contributed by atoms with Crippen LogP contribution in [-0.4, -0.2) is 23.1 Å². The highest BCUT2D eigenvalue weighted by molar-refractivity contribution is 14.1. The average molecular weight is 393 g/mol. The van der Waals surface area contributed by atoms with Gasteiger partial charge in [-0.05, 0) is 40.8 Å². The highest BCUT2D eigenvalue weighted by Gasteiger charge is 2.19. The lowest BCUT2D eigenvalue weighted by molar-refractivity contribution is -0.139. The minimum absolute atomic E-state index is 0.0941. The summed E-state index contributed by atoms with van der Waals surface area (Å²) in [6.07, 6.45) is 4.94. The molecule has 100 valence electrons. The zero-order valence-electron chi connectivity index (χ0n) is 9.61. The molecule has 7 heteroatoms. The van der Waals surface area contributed by atoms with Gasteiger partial charge in [0.2, 0.25) is 0 Å². The molecule has 2 amide bonds. The van der Waals surface area contributed by atoms with Gasteiger partial charge in [0.1, 0.15) is 6.04 Å². The second-order valence-corrected chi connectivity index (χ2v) is 5.17. The van der Waals surface area contributed by atoms with Gasteiger partial charge in [0.05, 0.1) is 10.7 Å². The lowest BCUT2D eigenvalue weighted by atomic mass is 10.2. The summed E-state index contributed by atoms with van der Waals surface area (Å²) < 4.78 is 0.921. The molecule has 0 heterocycles. The van der Waals surface area contributed by atoms with E-state index in [1.165, 1.54) is 0 Å². The molecule has 1 unspecified atom stereocenters. The van der Waals surface area contributed by atoms with Crippen LogP contribution in [0.1, 0.15) is 6.42 Å². The monoisotopic (exact) mass is 392 g/mol. The van der Waals surface area contributed by atoms with Crippen molar-refractivity contribution in [2.75, 3.05) is 5.32 Å². The van der Waals surface area contributed by atoms with Crippen molar-refractivity contribution in [2.24, 2.45) is 0 Å². The molecule has 0 aromatic heterocycles. The third-order valence-electron chi connectivity index (χ3n) is 2.10. The molecular weight excluding hydrogens is 383 g/mol. The number of hydrogen-bond acceptors (Lipinski definition) is 2. The van der Waals surface area contributed by atoms with Crippen molar-refractivity contribution >= 4 is 51.9 Å². The Hall–Kier alpha value is -1.46. The van der Waals surface area contributed by atoms with Crippen molar-refractivity contribution in [3.05, 3.63) is 26.8 Å². The zero-order chi connectivity index (χ0) is 14.4. The summed E-state index contributed by atoms with van der Waals surface area (Å²) >= 11 is 8.02. The van der Waals surface area contributed by atoms with Crippen LogP contribution >= 0.6 is 34.2 Å². The fourth-order valence-electron chi connectivity index (χ4n) is 1.23. The smallest absolute Gasteiger partial charge is 0.327 e. The summed E-state index contributed by atoms with van der Waals surface area (Å²) in [6, 6.07) is 3.26. The lowest BCUT2D eigenvalue weighted by Gasteiger charge is -2.13. The molecule has 0 aliphatic heterocycles. The Morgan fingerprint density at radius 1 is 1.53 bits per heavy atom. The van der Waals surface area contributed by atoms with Crippen LogP contribution in [0.3, 0.4) is 0 Å². The van der Waals surface area contributed by atoms with Gasteiger partial charge in [-0.2, -0.15) is 0 Å². The van der Waals surface area contributed by atoms with Crippen molar-refractivity contribution in [2.45, 2.75) is 12.5 Å². The van der Waals surface area contributed by atoms with Gasteiger partial charge in [-0.3, -0.25) is 0 Å². The second-order valence-electron chi connectivity index (χ2n) is 3.52. The second kappa shape index (κ2) is 7.21. The third kappa shape index (κ3) is 4.96. The van der Waals surface area contributed by atoms with Gasteiger partial charge in [0.15, 0.2) is 0 Å². The molecule has 0 radical (unpaired) electrons. The molecule has 0 aliphatic carbocycles. The van der Waals surface area contributed by atoms with Gasteiger partial charge in [-0.15, -0.1) is 12.3 Å². The first kappa shape index (κ1) is 15.6. The number of carbonyl (C=O) groups excluding carboxylic acids is 1. The van der Waals surface area contributed by atoms with Crippen molar-refractivity contribution in [1.82, 2.24) is 5.32 Å². The summed E-state index contributed by atoms with van der Waals surface area (Å²) in [5.74, 6) is 0.994. The molecule has 1 atom stereocenters. The summed E-state index contributed by atoms with van der Waals surface area (Å²) in [4.78, 5) is 22.4. The average Bonchev–Trinajstić information content (AvgIpc) is 2.32. The Bertz CT molecular complexity index is 542. The SMILES string of the molecule is C#CCC(NC(=O)Nc1ccc(I)cc1Cl)C(=O)O. The summed E-state index contributed by atoms with van der Waals surface area (Å²) in [7, 11) is 0. The summed E-state index contributed by atoms with van der Waals surface area (Å²) in [5, 5.41) is 13.9. The maximum Gasteiger partial charge on any atom is 0.327 e. The molecule has 1 aromatic rings. The van der Waals surface area contributed by atoms with E-state index in [0.717, 1.165) is 3.57 Å². The fourth-order valence-corrected chi connectivity index (χ4v) is 2.13. The molecule has 0 fully saturated rings. The van der Waals surface area contributed by atoms with E-state index in [1.54, 1.807) is 18.2 Å². The topological polar surface area (TPSA) is 78.4 Å². The Balaban J connectivity index is 2.69. The molecule has 0 saturated carbocycles. The van der Waals surface area contributed by atoms with Gasteiger partial charge in [0, 0.05) is 9.99 Å². The van der Waals surface area contributed by atoms with Crippen LogP contribution in [0.25, 0.3) is 0 Å². The lowest BCUT2D eigenvalue weighted by Crippen LogP contribution is -2.42. The van der Waals surface area contributed by atoms with Gasteiger partial charge in [0.25, 0.3) is 0 Å². The van der Waals surface area contributed by atoms with Crippen LogP contribution < -0.4 is 10.6 Å². The van der Waals surface area contributed by atoms with E-state index in [2.05, 4.69) is 39.1 Å². The first-order valence-electron chi connectivity index (χ1n) is 5.13. The van der Waals surface area contributed by atoms with E-state index in [-0.39, 0.29) is 6.42 Å². The van der Waals surface area contributed by atoms with Gasteiger partial charge in [-0.25, -0.2) is 9.59 Å². The number of benzene rings is 1. The molecule has 5 nitrogen and oxygen atoms in total. The molecule has 3 N–H and O–H groups in total.